The predicted octanol–water partition coefficient (Wildman–Crippen LogP) is 2.56. The van der Waals surface area contributed by atoms with Crippen LogP contribution in [0.4, 0.5) is 0 Å². The lowest BCUT2D eigenvalue weighted by atomic mass is 9.72. The summed E-state index contributed by atoms with van der Waals surface area (Å²) in [6.45, 7) is 0.534. The molecule has 0 heterocycles. The van der Waals surface area contributed by atoms with Gasteiger partial charge in [0.1, 0.15) is 5.75 Å². The minimum absolute atomic E-state index is 0.0566. The van der Waals surface area contributed by atoms with Crippen molar-refractivity contribution in [2.75, 3.05) is 20.7 Å². The number of hydrogen-bond acceptors (Lipinski definition) is 3. The summed E-state index contributed by atoms with van der Waals surface area (Å²) in [6.07, 6.45) is 5.71. The van der Waals surface area contributed by atoms with Crippen LogP contribution in [0.3, 0.4) is 0 Å². The Kier molecular flexibility index (Phi) is 5.23. The molecular weight excluding hydrogens is 266 g/mol. The normalized spacial score (nSPS) is 18.8. The summed E-state index contributed by atoms with van der Waals surface area (Å²) in [4.78, 5) is 12.6. The zero-order chi connectivity index (χ0) is 15.3. The Labute approximate surface area is 126 Å². The van der Waals surface area contributed by atoms with Crippen molar-refractivity contribution in [2.45, 2.75) is 43.6 Å². The van der Waals surface area contributed by atoms with Crippen molar-refractivity contribution in [2.24, 2.45) is 0 Å². The van der Waals surface area contributed by atoms with Gasteiger partial charge in [-0.1, -0.05) is 31.4 Å². The molecule has 1 unspecified atom stereocenters. The Morgan fingerprint density at radius 3 is 2.43 bits per heavy atom. The summed E-state index contributed by atoms with van der Waals surface area (Å²) in [5.41, 5.74) is 0.346. The highest BCUT2D eigenvalue weighted by molar-refractivity contribution is 5.47. The van der Waals surface area contributed by atoms with Crippen LogP contribution < -0.4 is 4.74 Å². The molecule has 1 aromatic carbocycles. The number of carbonyl (C=O) groups excluding carboxylic acids is 1. The first-order chi connectivity index (χ1) is 10.1. The van der Waals surface area contributed by atoms with Crippen LogP contribution in [0.2, 0.25) is 0 Å². The third-order valence-electron chi connectivity index (χ3n) is 4.54. The summed E-state index contributed by atoms with van der Waals surface area (Å²) in [5.74, 6) is 0.746. The fourth-order valence-electron chi connectivity index (χ4n) is 3.27. The maximum Gasteiger partial charge on any atom is 0.209 e. The van der Waals surface area contributed by atoms with Crippen LogP contribution in [0.1, 0.15) is 43.6 Å². The Bertz CT molecular complexity index is 452. The maximum absolute atomic E-state index is 11.1. The monoisotopic (exact) mass is 291 g/mol. The number of benzene rings is 1. The molecule has 1 fully saturated rings. The number of aliphatic hydroxyl groups is 1. The molecule has 116 valence electrons. The van der Waals surface area contributed by atoms with Crippen molar-refractivity contribution < 1.29 is 14.6 Å². The van der Waals surface area contributed by atoms with Crippen LogP contribution in [0, 0.1) is 0 Å². The smallest absolute Gasteiger partial charge is 0.209 e. The van der Waals surface area contributed by atoms with E-state index in [9.17, 15) is 9.90 Å². The molecule has 1 aromatic rings. The Balaban J connectivity index is 2.27. The molecule has 1 amide bonds. The molecule has 1 aliphatic carbocycles. The highest BCUT2D eigenvalue weighted by Gasteiger charge is 2.39. The van der Waals surface area contributed by atoms with Crippen molar-refractivity contribution in [1.29, 1.82) is 0 Å². The summed E-state index contributed by atoms with van der Waals surface area (Å²) in [7, 11) is 3.40. The molecule has 0 saturated heterocycles. The van der Waals surface area contributed by atoms with Gasteiger partial charge in [-0.2, -0.15) is 0 Å². The minimum atomic E-state index is -0.718. The predicted molar refractivity (Wildman–Crippen MR) is 82.5 cm³/mol. The van der Waals surface area contributed by atoms with Gasteiger partial charge in [-0.25, -0.2) is 0 Å². The molecule has 0 bridgehead atoms. The maximum atomic E-state index is 11.1. The Hall–Kier alpha value is -1.55. The average molecular weight is 291 g/mol. The molecule has 4 heteroatoms. The van der Waals surface area contributed by atoms with Crippen LogP contribution in [-0.2, 0) is 4.79 Å². The summed E-state index contributed by atoms with van der Waals surface area (Å²) >= 11 is 0. The number of ether oxygens (including phenoxy) is 1. The third-order valence-corrected chi connectivity index (χ3v) is 4.54. The summed E-state index contributed by atoms with van der Waals surface area (Å²) < 4.78 is 5.19. The van der Waals surface area contributed by atoms with Gasteiger partial charge in [0.25, 0.3) is 0 Å². The lowest BCUT2D eigenvalue weighted by molar-refractivity contribution is -0.118. The second kappa shape index (κ2) is 6.94. The van der Waals surface area contributed by atoms with Crippen molar-refractivity contribution >= 4 is 6.41 Å². The molecule has 21 heavy (non-hydrogen) atoms. The number of hydrogen-bond donors (Lipinski definition) is 1. The highest BCUT2D eigenvalue weighted by Crippen LogP contribution is 2.40. The lowest BCUT2D eigenvalue weighted by Crippen LogP contribution is -2.43. The summed E-state index contributed by atoms with van der Waals surface area (Å²) in [5, 5.41) is 11.1. The van der Waals surface area contributed by atoms with Crippen molar-refractivity contribution in [3.8, 4) is 5.75 Å². The molecule has 0 aromatic heterocycles. The van der Waals surface area contributed by atoms with Gasteiger partial charge in [0.2, 0.25) is 6.41 Å². The molecule has 0 radical (unpaired) electrons. The number of nitrogens with zero attached hydrogens (tertiary/aromatic N) is 1. The molecule has 4 nitrogen and oxygen atoms in total. The molecule has 1 atom stereocenters. The van der Waals surface area contributed by atoms with Crippen molar-refractivity contribution in [1.82, 2.24) is 4.90 Å². The van der Waals surface area contributed by atoms with E-state index < -0.39 is 5.60 Å². The van der Waals surface area contributed by atoms with Gasteiger partial charge in [-0.15, -0.1) is 0 Å². The molecule has 0 aliphatic heterocycles. The van der Waals surface area contributed by atoms with E-state index in [2.05, 4.69) is 0 Å². The number of amides is 1. The van der Waals surface area contributed by atoms with Crippen LogP contribution in [0.5, 0.6) is 5.75 Å². The fourth-order valence-corrected chi connectivity index (χ4v) is 3.27. The average Bonchev–Trinajstić information content (AvgIpc) is 2.53. The zero-order valence-corrected chi connectivity index (χ0v) is 12.9. The molecular formula is C17H25NO3. The van der Waals surface area contributed by atoms with E-state index in [1.54, 1.807) is 19.1 Å². The number of carbonyl (C=O) groups is 1. The highest BCUT2D eigenvalue weighted by atomic mass is 16.5. The van der Waals surface area contributed by atoms with Crippen LogP contribution in [0.15, 0.2) is 24.3 Å². The number of methoxy groups -OCH3 is 1. The van der Waals surface area contributed by atoms with Gasteiger partial charge in [0.15, 0.2) is 0 Å². The van der Waals surface area contributed by atoms with Crippen LogP contribution >= 0.6 is 0 Å². The van der Waals surface area contributed by atoms with E-state index in [4.69, 9.17) is 4.74 Å². The Morgan fingerprint density at radius 1 is 1.29 bits per heavy atom. The summed E-state index contributed by atoms with van der Waals surface area (Å²) in [6, 6.07) is 7.81. The quantitative estimate of drug-likeness (QED) is 0.820. The molecule has 1 aliphatic rings. The Morgan fingerprint density at radius 2 is 1.90 bits per heavy atom. The fraction of sp³-hybridized carbons (Fsp3) is 0.588. The van der Waals surface area contributed by atoms with Crippen molar-refractivity contribution in [3.05, 3.63) is 29.8 Å². The lowest BCUT2D eigenvalue weighted by Gasteiger charge is -2.40. The van der Waals surface area contributed by atoms with E-state index in [0.29, 0.717) is 6.54 Å². The van der Waals surface area contributed by atoms with Crippen LogP contribution in [0.25, 0.3) is 0 Å². The molecule has 1 N–H and O–H groups in total. The van der Waals surface area contributed by atoms with Gasteiger partial charge in [0, 0.05) is 19.5 Å². The minimum Gasteiger partial charge on any atom is -0.497 e. The van der Waals surface area contributed by atoms with Gasteiger partial charge < -0.3 is 14.7 Å². The van der Waals surface area contributed by atoms with Gasteiger partial charge in [-0.3, -0.25) is 4.79 Å². The first kappa shape index (κ1) is 15.8. The number of likely N-dealkylation sites (N-methyl/N-ethyl adjacent to an activating group) is 1. The van der Waals surface area contributed by atoms with Crippen LogP contribution in [-0.4, -0.2) is 42.7 Å². The van der Waals surface area contributed by atoms with E-state index in [-0.39, 0.29) is 5.92 Å². The first-order valence-corrected chi connectivity index (χ1v) is 7.61. The van der Waals surface area contributed by atoms with Gasteiger partial charge >= 0.3 is 0 Å². The van der Waals surface area contributed by atoms with E-state index >= 15 is 0 Å². The topological polar surface area (TPSA) is 49.8 Å². The van der Waals surface area contributed by atoms with E-state index in [1.165, 1.54) is 6.42 Å². The SMILES string of the molecule is COc1ccc(C(CN(C)C=O)C2(O)CCCCC2)cc1. The number of rotatable bonds is 6. The first-order valence-electron chi connectivity index (χ1n) is 7.61. The zero-order valence-electron chi connectivity index (χ0n) is 12.9. The molecule has 1 saturated carbocycles. The molecule has 0 spiro atoms. The second-order valence-corrected chi connectivity index (χ2v) is 6.03. The van der Waals surface area contributed by atoms with Crippen molar-refractivity contribution in [3.63, 3.8) is 0 Å². The standard InChI is InChI=1S/C17H25NO3/c1-18(13-19)12-16(17(20)10-4-3-5-11-17)14-6-8-15(21-2)9-7-14/h6-9,13,16,20H,3-5,10-12H2,1-2H3. The third kappa shape index (κ3) is 3.76. The van der Waals surface area contributed by atoms with Gasteiger partial charge in [0.05, 0.1) is 12.7 Å². The van der Waals surface area contributed by atoms with E-state index in [0.717, 1.165) is 43.4 Å². The molecule has 2 rings (SSSR count). The second-order valence-electron chi connectivity index (χ2n) is 6.03. The largest absolute Gasteiger partial charge is 0.497 e. The van der Waals surface area contributed by atoms with Gasteiger partial charge in [-0.05, 0) is 30.5 Å². The van der Waals surface area contributed by atoms with E-state index in [1.807, 2.05) is 24.3 Å².